The predicted octanol–water partition coefficient (Wildman–Crippen LogP) is 3.45. The largest absolute Gasteiger partial charge is 0.376 e. The fourth-order valence-electron chi connectivity index (χ4n) is 2.21. The maximum Gasteiger partial charge on any atom is 0.251 e. The molecule has 0 radical (unpaired) electrons. The van der Waals surface area contributed by atoms with Crippen molar-refractivity contribution >= 4 is 34.8 Å². The Morgan fingerprint density at radius 3 is 2.62 bits per heavy atom. The molecule has 0 aliphatic rings. The van der Waals surface area contributed by atoms with Crippen LogP contribution >= 0.6 is 11.6 Å². The molecule has 0 fully saturated rings. The Bertz CT molecular complexity index is 747. The van der Waals surface area contributed by atoms with Gasteiger partial charge in [-0.05, 0) is 55.8 Å². The molecule has 0 atom stereocenters. The first kappa shape index (κ1) is 17.8. The smallest absolute Gasteiger partial charge is 0.251 e. The van der Waals surface area contributed by atoms with Gasteiger partial charge in [-0.25, -0.2) is 0 Å². The van der Waals surface area contributed by atoms with Crippen LogP contribution in [-0.4, -0.2) is 24.9 Å². The van der Waals surface area contributed by atoms with Gasteiger partial charge in [0.15, 0.2) is 0 Å². The first-order valence-electron chi connectivity index (χ1n) is 7.67. The Balaban J connectivity index is 1.95. The highest BCUT2D eigenvalue weighted by Crippen LogP contribution is 2.19. The van der Waals surface area contributed by atoms with Gasteiger partial charge in [-0.2, -0.15) is 0 Å². The van der Waals surface area contributed by atoms with Crippen molar-refractivity contribution < 1.29 is 9.59 Å². The summed E-state index contributed by atoms with van der Waals surface area (Å²) < 4.78 is 0. The second-order valence-electron chi connectivity index (χ2n) is 5.30. The topological polar surface area (TPSA) is 70.2 Å². The van der Waals surface area contributed by atoms with Crippen LogP contribution in [-0.2, 0) is 4.79 Å². The van der Waals surface area contributed by atoms with Crippen LogP contribution in [0.25, 0.3) is 0 Å². The van der Waals surface area contributed by atoms with E-state index in [0.717, 1.165) is 11.3 Å². The van der Waals surface area contributed by atoms with Gasteiger partial charge in [0, 0.05) is 28.5 Å². The van der Waals surface area contributed by atoms with Crippen LogP contribution in [0.4, 0.5) is 11.4 Å². The average molecular weight is 346 g/mol. The zero-order valence-corrected chi connectivity index (χ0v) is 14.4. The summed E-state index contributed by atoms with van der Waals surface area (Å²) in [6.45, 7) is 4.45. The van der Waals surface area contributed by atoms with Crippen molar-refractivity contribution in [2.24, 2.45) is 0 Å². The molecular formula is C18H20ClN3O2. The molecule has 0 saturated heterocycles. The first-order valence-corrected chi connectivity index (χ1v) is 8.05. The third kappa shape index (κ3) is 4.99. The number of halogens is 1. The number of anilines is 2. The van der Waals surface area contributed by atoms with Crippen LogP contribution in [0, 0.1) is 6.92 Å². The summed E-state index contributed by atoms with van der Waals surface area (Å²) in [7, 11) is 0. The minimum atomic E-state index is -0.197. The lowest BCUT2D eigenvalue weighted by Crippen LogP contribution is -2.24. The third-order valence-electron chi connectivity index (χ3n) is 3.37. The van der Waals surface area contributed by atoms with Gasteiger partial charge < -0.3 is 16.0 Å². The molecular weight excluding hydrogens is 326 g/mol. The molecule has 2 aromatic carbocycles. The fraction of sp³-hybridized carbons (Fsp3) is 0.222. The lowest BCUT2D eigenvalue weighted by molar-refractivity contribution is -0.114. The number of nitrogens with one attached hydrogen (secondary N) is 3. The van der Waals surface area contributed by atoms with Gasteiger partial charge in [-0.3, -0.25) is 9.59 Å². The lowest BCUT2D eigenvalue weighted by atomic mass is 10.2. The number of hydrogen-bond acceptors (Lipinski definition) is 3. The number of amides is 2. The molecule has 0 unspecified atom stereocenters. The van der Waals surface area contributed by atoms with Crippen LogP contribution in [0.15, 0.2) is 42.5 Å². The van der Waals surface area contributed by atoms with E-state index in [1.165, 1.54) is 0 Å². The number of hydrogen-bond donors (Lipinski definition) is 3. The summed E-state index contributed by atoms with van der Waals surface area (Å²) in [5.41, 5.74) is 2.91. The number of benzene rings is 2. The maximum absolute atomic E-state index is 12.1. The van der Waals surface area contributed by atoms with E-state index >= 15 is 0 Å². The van der Waals surface area contributed by atoms with Crippen molar-refractivity contribution in [3.63, 3.8) is 0 Å². The average Bonchev–Trinajstić information content (AvgIpc) is 2.54. The maximum atomic E-state index is 12.1. The number of carbonyl (C=O) groups excluding carboxylic acids is 2. The standard InChI is InChI=1S/C18H20ClN3O2/c1-3-20-18(24)13-5-4-6-15(10-13)22-17(23)11-21-16-8-7-14(19)9-12(16)2/h4-10,21H,3,11H2,1-2H3,(H,20,24)(H,22,23). The summed E-state index contributed by atoms with van der Waals surface area (Å²) >= 11 is 5.91. The highest BCUT2D eigenvalue weighted by atomic mass is 35.5. The van der Waals surface area contributed by atoms with Crippen molar-refractivity contribution in [2.45, 2.75) is 13.8 Å². The van der Waals surface area contributed by atoms with Gasteiger partial charge in [0.25, 0.3) is 5.91 Å². The molecule has 2 amide bonds. The van der Waals surface area contributed by atoms with Gasteiger partial charge >= 0.3 is 0 Å². The van der Waals surface area contributed by atoms with E-state index in [2.05, 4.69) is 16.0 Å². The SMILES string of the molecule is CCNC(=O)c1cccc(NC(=O)CNc2ccc(Cl)cc2C)c1. The van der Waals surface area contributed by atoms with E-state index in [1.54, 1.807) is 30.3 Å². The van der Waals surface area contributed by atoms with E-state index in [4.69, 9.17) is 11.6 Å². The number of carbonyl (C=O) groups is 2. The van der Waals surface area contributed by atoms with Gasteiger partial charge in [0.1, 0.15) is 0 Å². The summed E-state index contributed by atoms with van der Waals surface area (Å²) in [5, 5.41) is 9.22. The van der Waals surface area contributed by atoms with Crippen molar-refractivity contribution in [1.82, 2.24) is 5.32 Å². The Morgan fingerprint density at radius 1 is 1.12 bits per heavy atom. The van der Waals surface area contributed by atoms with Crippen LogP contribution in [0.2, 0.25) is 5.02 Å². The van der Waals surface area contributed by atoms with Crippen molar-refractivity contribution in [1.29, 1.82) is 0 Å². The van der Waals surface area contributed by atoms with E-state index < -0.39 is 0 Å². The number of rotatable bonds is 6. The Hall–Kier alpha value is -2.53. The summed E-state index contributed by atoms with van der Waals surface area (Å²) in [6.07, 6.45) is 0. The van der Waals surface area contributed by atoms with Crippen molar-refractivity contribution in [3.8, 4) is 0 Å². The van der Waals surface area contributed by atoms with E-state index in [-0.39, 0.29) is 18.4 Å². The second-order valence-corrected chi connectivity index (χ2v) is 5.74. The van der Waals surface area contributed by atoms with Gasteiger partial charge in [0.05, 0.1) is 6.54 Å². The molecule has 0 aromatic heterocycles. The Labute approximate surface area is 146 Å². The van der Waals surface area contributed by atoms with Crippen molar-refractivity contribution in [2.75, 3.05) is 23.7 Å². The van der Waals surface area contributed by atoms with Gasteiger partial charge in [-0.15, -0.1) is 0 Å². The van der Waals surface area contributed by atoms with E-state index in [9.17, 15) is 9.59 Å². The quantitative estimate of drug-likeness (QED) is 0.751. The highest BCUT2D eigenvalue weighted by molar-refractivity contribution is 6.30. The molecule has 0 bridgehead atoms. The molecule has 6 heteroatoms. The molecule has 0 heterocycles. The molecule has 5 nitrogen and oxygen atoms in total. The summed E-state index contributed by atoms with van der Waals surface area (Å²) in [5.74, 6) is -0.360. The molecule has 0 spiro atoms. The van der Waals surface area contributed by atoms with E-state index in [0.29, 0.717) is 22.8 Å². The molecule has 126 valence electrons. The van der Waals surface area contributed by atoms with Gasteiger partial charge in [0.2, 0.25) is 5.91 Å². The molecule has 0 aliphatic carbocycles. The van der Waals surface area contributed by atoms with Crippen LogP contribution in [0.1, 0.15) is 22.8 Å². The molecule has 3 N–H and O–H groups in total. The van der Waals surface area contributed by atoms with Gasteiger partial charge in [-0.1, -0.05) is 17.7 Å². The van der Waals surface area contributed by atoms with Crippen LogP contribution in [0.5, 0.6) is 0 Å². The third-order valence-corrected chi connectivity index (χ3v) is 3.61. The zero-order valence-electron chi connectivity index (χ0n) is 13.7. The van der Waals surface area contributed by atoms with Crippen LogP contribution in [0.3, 0.4) is 0 Å². The zero-order chi connectivity index (χ0) is 17.5. The highest BCUT2D eigenvalue weighted by Gasteiger charge is 2.07. The predicted molar refractivity (Wildman–Crippen MR) is 97.8 cm³/mol. The normalized spacial score (nSPS) is 10.1. The minimum Gasteiger partial charge on any atom is -0.376 e. The van der Waals surface area contributed by atoms with Crippen molar-refractivity contribution in [3.05, 3.63) is 58.6 Å². The molecule has 2 aromatic rings. The Morgan fingerprint density at radius 2 is 1.92 bits per heavy atom. The summed E-state index contributed by atoms with van der Waals surface area (Å²) in [4.78, 5) is 23.9. The molecule has 0 saturated carbocycles. The fourth-order valence-corrected chi connectivity index (χ4v) is 2.43. The first-order chi connectivity index (χ1) is 11.5. The molecule has 2 rings (SSSR count). The number of aryl methyl sites for hydroxylation is 1. The monoisotopic (exact) mass is 345 g/mol. The molecule has 0 aliphatic heterocycles. The lowest BCUT2D eigenvalue weighted by Gasteiger charge is -2.11. The molecule has 24 heavy (non-hydrogen) atoms. The Kier molecular flexibility index (Phi) is 6.21. The van der Waals surface area contributed by atoms with E-state index in [1.807, 2.05) is 26.0 Å². The second kappa shape index (κ2) is 8.36. The van der Waals surface area contributed by atoms with Crippen LogP contribution < -0.4 is 16.0 Å². The summed E-state index contributed by atoms with van der Waals surface area (Å²) in [6, 6.07) is 12.3. The minimum absolute atomic E-state index is 0.119.